The van der Waals surface area contributed by atoms with Gasteiger partial charge in [-0.25, -0.2) is 0 Å². The van der Waals surface area contributed by atoms with Crippen LogP contribution in [0.3, 0.4) is 0 Å². The molecule has 162 valence electrons. The molecule has 3 unspecified atom stereocenters. The van der Waals surface area contributed by atoms with Gasteiger partial charge in [-0.15, -0.1) is 0 Å². The van der Waals surface area contributed by atoms with E-state index in [2.05, 4.69) is 53.7 Å². The van der Waals surface area contributed by atoms with Gasteiger partial charge in [-0.2, -0.15) is 0 Å². The van der Waals surface area contributed by atoms with Crippen molar-refractivity contribution in [1.82, 2.24) is 0 Å². The van der Waals surface area contributed by atoms with Gasteiger partial charge in [0.05, 0.1) is 0 Å². The zero-order valence-electron chi connectivity index (χ0n) is 19.8. The number of fused-ring (bicyclic) bond motifs is 4. The number of ketones is 1. The second-order valence-corrected chi connectivity index (χ2v) is 12.9. The monoisotopic (exact) mass is 396 g/mol. The molecule has 1 heteroatoms. The predicted molar refractivity (Wildman–Crippen MR) is 120 cm³/mol. The zero-order chi connectivity index (χ0) is 20.8. The molecule has 0 saturated heterocycles. The van der Waals surface area contributed by atoms with E-state index in [0.29, 0.717) is 34.4 Å². The Balaban J connectivity index is 1.38. The van der Waals surface area contributed by atoms with Gasteiger partial charge in [0.15, 0.2) is 0 Å². The maximum atomic E-state index is 13.4. The topological polar surface area (TPSA) is 17.1 Å². The SMILES string of the molecule is CC(C)C(C)/C=C/[C@@H](C)[C@H]1CC[C@H]2[C@@H]3CC(=O)C45CC4CC[C@]5(C)[C@H]3CC[C@]12C. The molecular weight excluding hydrogens is 352 g/mol. The number of carbonyl (C=O) groups is 1. The summed E-state index contributed by atoms with van der Waals surface area (Å²) in [5, 5.41) is 0. The number of hydrogen-bond acceptors (Lipinski definition) is 1. The lowest BCUT2D eigenvalue weighted by molar-refractivity contribution is -0.151. The number of carbonyl (C=O) groups excluding carboxylic acids is 1. The standard InChI is InChI=1S/C28H44O/c1-17(2)18(3)7-8-19(4)22-9-10-23-21-15-25(29)28-16-20(28)11-14-27(28,6)24(21)12-13-26(22,23)5/h7-8,17-24H,9-16H2,1-6H3/b8-7+/t18?,19-,20?,21+,22-,23+,24+,26-,27-,28?/m1/s1. The number of rotatable bonds is 4. The van der Waals surface area contributed by atoms with Crippen molar-refractivity contribution in [3.05, 3.63) is 12.2 Å². The Labute approximate surface area is 179 Å². The fourth-order valence-corrected chi connectivity index (χ4v) is 9.62. The van der Waals surface area contributed by atoms with Gasteiger partial charge in [0.2, 0.25) is 0 Å². The molecule has 0 aromatic rings. The van der Waals surface area contributed by atoms with Crippen molar-refractivity contribution in [1.29, 1.82) is 0 Å². The predicted octanol–water partition coefficient (Wildman–Crippen LogP) is 7.31. The molecule has 0 aliphatic heterocycles. The minimum Gasteiger partial charge on any atom is -0.299 e. The lowest BCUT2D eigenvalue weighted by Crippen LogP contribution is -2.55. The summed E-state index contributed by atoms with van der Waals surface area (Å²) < 4.78 is 0. The van der Waals surface area contributed by atoms with Gasteiger partial charge in [0.25, 0.3) is 0 Å². The van der Waals surface area contributed by atoms with E-state index in [1.165, 1.54) is 44.9 Å². The minimum atomic E-state index is 0.142. The molecule has 0 radical (unpaired) electrons. The summed E-state index contributed by atoms with van der Waals surface area (Å²) in [6.45, 7) is 14.6. The molecular formula is C28H44O. The maximum absolute atomic E-state index is 13.4. The van der Waals surface area contributed by atoms with Crippen LogP contribution in [0.5, 0.6) is 0 Å². The minimum absolute atomic E-state index is 0.142. The highest BCUT2D eigenvalue weighted by molar-refractivity contribution is 5.91. The Kier molecular flexibility index (Phi) is 4.53. The molecule has 0 aromatic heterocycles. The van der Waals surface area contributed by atoms with Crippen molar-refractivity contribution in [2.75, 3.05) is 0 Å². The van der Waals surface area contributed by atoms with Crippen molar-refractivity contribution >= 4 is 5.78 Å². The molecule has 0 bridgehead atoms. The molecule has 1 spiro atoms. The Morgan fingerprint density at radius 2 is 1.69 bits per heavy atom. The second kappa shape index (κ2) is 6.46. The summed E-state index contributed by atoms with van der Waals surface area (Å²) in [5.41, 5.74) is 0.937. The van der Waals surface area contributed by atoms with Gasteiger partial charge in [0, 0.05) is 11.8 Å². The van der Waals surface area contributed by atoms with Gasteiger partial charge in [-0.05, 0) is 103 Å². The lowest BCUT2D eigenvalue weighted by Gasteiger charge is -2.58. The van der Waals surface area contributed by atoms with Crippen molar-refractivity contribution in [2.45, 2.75) is 92.9 Å². The van der Waals surface area contributed by atoms with Crippen molar-refractivity contribution in [2.24, 2.45) is 63.6 Å². The van der Waals surface area contributed by atoms with Crippen LogP contribution in [0.25, 0.3) is 0 Å². The maximum Gasteiger partial charge on any atom is 0.140 e. The van der Waals surface area contributed by atoms with Crippen LogP contribution < -0.4 is 0 Å². The average molecular weight is 397 g/mol. The van der Waals surface area contributed by atoms with Gasteiger partial charge in [-0.1, -0.05) is 53.7 Å². The average Bonchev–Trinajstić information content (AvgIpc) is 3.20. The van der Waals surface area contributed by atoms with Crippen LogP contribution in [0.1, 0.15) is 92.9 Å². The van der Waals surface area contributed by atoms with Gasteiger partial charge < -0.3 is 0 Å². The quantitative estimate of drug-likeness (QED) is 0.455. The first-order valence-corrected chi connectivity index (χ1v) is 12.9. The van der Waals surface area contributed by atoms with Crippen LogP contribution >= 0.6 is 0 Å². The smallest absolute Gasteiger partial charge is 0.140 e. The molecule has 1 nitrogen and oxygen atoms in total. The lowest BCUT2D eigenvalue weighted by atomic mass is 9.45. The normalized spacial score (nSPS) is 52.8. The Morgan fingerprint density at radius 3 is 2.38 bits per heavy atom. The third-order valence-electron chi connectivity index (χ3n) is 11.8. The summed E-state index contributed by atoms with van der Waals surface area (Å²) in [6.07, 6.45) is 15.4. The Hall–Kier alpha value is -0.590. The van der Waals surface area contributed by atoms with E-state index in [-0.39, 0.29) is 5.41 Å². The number of allylic oxidation sites excluding steroid dienone is 2. The molecule has 0 aromatic carbocycles. The van der Waals surface area contributed by atoms with Crippen molar-refractivity contribution in [3.63, 3.8) is 0 Å². The molecule has 5 aliphatic carbocycles. The number of Topliss-reactive ketones (excluding diaryl/α,β-unsaturated/α-hetero) is 1. The van der Waals surface area contributed by atoms with E-state index in [9.17, 15) is 4.79 Å². The summed E-state index contributed by atoms with van der Waals surface area (Å²) >= 11 is 0. The third-order valence-corrected chi connectivity index (χ3v) is 11.8. The summed E-state index contributed by atoms with van der Waals surface area (Å²) in [6, 6.07) is 0. The van der Waals surface area contributed by atoms with E-state index in [1.54, 1.807) is 0 Å². The fraction of sp³-hybridized carbons (Fsp3) is 0.893. The molecule has 5 fully saturated rings. The van der Waals surface area contributed by atoms with Crippen LogP contribution in [-0.4, -0.2) is 5.78 Å². The summed E-state index contributed by atoms with van der Waals surface area (Å²) in [5.74, 6) is 6.63. The van der Waals surface area contributed by atoms with E-state index in [1.807, 2.05) is 0 Å². The number of hydrogen-bond donors (Lipinski definition) is 0. The van der Waals surface area contributed by atoms with Crippen LogP contribution in [0.4, 0.5) is 0 Å². The van der Waals surface area contributed by atoms with Crippen molar-refractivity contribution in [3.8, 4) is 0 Å². The highest BCUT2D eigenvalue weighted by Gasteiger charge is 2.77. The molecule has 5 saturated carbocycles. The highest BCUT2D eigenvalue weighted by Crippen LogP contribution is 2.80. The molecule has 5 rings (SSSR count). The van der Waals surface area contributed by atoms with Gasteiger partial charge in [-0.3, -0.25) is 4.79 Å². The second-order valence-electron chi connectivity index (χ2n) is 12.9. The largest absolute Gasteiger partial charge is 0.299 e. The van der Waals surface area contributed by atoms with Crippen LogP contribution in [0.2, 0.25) is 0 Å². The molecule has 0 N–H and O–H groups in total. The zero-order valence-corrected chi connectivity index (χ0v) is 19.8. The summed E-state index contributed by atoms with van der Waals surface area (Å²) in [7, 11) is 0. The molecule has 5 aliphatic rings. The first-order valence-electron chi connectivity index (χ1n) is 12.9. The Bertz CT molecular complexity index is 720. The molecule has 29 heavy (non-hydrogen) atoms. The fourth-order valence-electron chi connectivity index (χ4n) is 9.62. The van der Waals surface area contributed by atoms with E-state index in [4.69, 9.17) is 0 Å². The van der Waals surface area contributed by atoms with E-state index >= 15 is 0 Å². The van der Waals surface area contributed by atoms with Gasteiger partial charge in [0.1, 0.15) is 5.78 Å². The molecule has 0 amide bonds. The first kappa shape index (κ1) is 20.3. The molecule has 0 heterocycles. The van der Waals surface area contributed by atoms with E-state index in [0.717, 1.165) is 36.0 Å². The highest BCUT2D eigenvalue weighted by atomic mass is 16.1. The third kappa shape index (κ3) is 2.54. The van der Waals surface area contributed by atoms with Crippen molar-refractivity contribution < 1.29 is 4.79 Å². The van der Waals surface area contributed by atoms with Crippen LogP contribution in [0.15, 0.2) is 12.2 Å². The first-order chi connectivity index (χ1) is 13.6. The van der Waals surface area contributed by atoms with Gasteiger partial charge >= 0.3 is 0 Å². The van der Waals surface area contributed by atoms with Crippen LogP contribution in [0, 0.1) is 63.6 Å². The Morgan fingerprint density at radius 1 is 0.931 bits per heavy atom. The van der Waals surface area contributed by atoms with Crippen LogP contribution in [-0.2, 0) is 4.79 Å². The molecule has 10 atom stereocenters. The van der Waals surface area contributed by atoms with E-state index < -0.39 is 0 Å². The summed E-state index contributed by atoms with van der Waals surface area (Å²) in [4.78, 5) is 13.4.